The number of hydrogen-bond acceptors (Lipinski definition) is 4. The van der Waals surface area contributed by atoms with Crippen molar-refractivity contribution in [1.29, 1.82) is 0 Å². The Hall–Kier alpha value is -3.51. The number of carbonyl (C=O) groups excluding carboxylic acids is 1. The number of benzene rings is 1. The molecule has 0 saturated carbocycles. The molecular formula is C25H24N4OS. The van der Waals surface area contributed by atoms with E-state index in [-0.39, 0.29) is 5.91 Å². The van der Waals surface area contributed by atoms with E-state index in [9.17, 15) is 4.79 Å². The summed E-state index contributed by atoms with van der Waals surface area (Å²) in [5.74, 6) is -0.136. The van der Waals surface area contributed by atoms with Gasteiger partial charge in [-0.2, -0.15) is 0 Å². The highest BCUT2D eigenvalue weighted by molar-refractivity contribution is 7.14. The summed E-state index contributed by atoms with van der Waals surface area (Å²) >= 11 is 1.43. The zero-order valence-corrected chi connectivity index (χ0v) is 18.0. The normalized spacial score (nSPS) is 11.1. The summed E-state index contributed by atoms with van der Waals surface area (Å²) in [7, 11) is 0. The van der Waals surface area contributed by atoms with Gasteiger partial charge in [0, 0.05) is 30.5 Å². The molecule has 0 aliphatic carbocycles. The quantitative estimate of drug-likeness (QED) is 0.384. The molecule has 6 heteroatoms. The molecule has 4 rings (SSSR count). The number of nitrogens with one attached hydrogen (secondary N) is 1. The van der Waals surface area contributed by atoms with Gasteiger partial charge in [-0.15, -0.1) is 11.3 Å². The van der Waals surface area contributed by atoms with Gasteiger partial charge in [0.15, 0.2) is 5.13 Å². The first-order valence-electron chi connectivity index (χ1n) is 10.3. The zero-order chi connectivity index (χ0) is 21.3. The molecule has 0 radical (unpaired) electrons. The van der Waals surface area contributed by atoms with Crippen molar-refractivity contribution in [3.8, 4) is 0 Å². The lowest BCUT2D eigenvalue weighted by Crippen LogP contribution is -2.17. The lowest BCUT2D eigenvalue weighted by atomic mass is 10.1. The number of hydrogen-bond donors (Lipinski definition) is 1. The summed E-state index contributed by atoms with van der Waals surface area (Å²) in [4.78, 5) is 21.3. The summed E-state index contributed by atoms with van der Waals surface area (Å²) < 4.78 is 1.99. The number of aromatic nitrogens is 3. The average Bonchev–Trinajstić information content (AvgIpc) is 3.45. The van der Waals surface area contributed by atoms with Crippen LogP contribution in [-0.2, 0) is 19.4 Å². The van der Waals surface area contributed by atoms with Crippen molar-refractivity contribution in [3.63, 3.8) is 0 Å². The number of pyridine rings is 1. The van der Waals surface area contributed by atoms with Gasteiger partial charge in [-0.05, 0) is 60.7 Å². The van der Waals surface area contributed by atoms with Gasteiger partial charge in [-0.25, -0.2) is 4.98 Å². The molecule has 5 nitrogen and oxygen atoms in total. The lowest BCUT2D eigenvalue weighted by molar-refractivity contribution is 0.101. The Bertz CT molecular complexity index is 1130. The minimum absolute atomic E-state index is 0.136. The summed E-state index contributed by atoms with van der Waals surface area (Å²) in [6.07, 6.45) is 12.4. The van der Waals surface area contributed by atoms with Crippen molar-refractivity contribution in [3.05, 3.63) is 107 Å². The molecule has 0 aliphatic rings. The van der Waals surface area contributed by atoms with Crippen LogP contribution in [0.25, 0.3) is 6.08 Å². The Labute approximate surface area is 186 Å². The molecule has 0 bridgehead atoms. The van der Waals surface area contributed by atoms with E-state index in [1.54, 1.807) is 0 Å². The fraction of sp³-hybridized carbons (Fsp3) is 0.160. The van der Waals surface area contributed by atoms with Crippen LogP contribution in [0.5, 0.6) is 0 Å². The molecule has 1 aromatic carbocycles. The molecule has 31 heavy (non-hydrogen) atoms. The van der Waals surface area contributed by atoms with E-state index < -0.39 is 0 Å². The van der Waals surface area contributed by atoms with Crippen LogP contribution in [-0.4, -0.2) is 20.4 Å². The van der Waals surface area contributed by atoms with Gasteiger partial charge in [0.05, 0.1) is 5.69 Å². The van der Waals surface area contributed by atoms with Gasteiger partial charge >= 0.3 is 0 Å². The predicted molar refractivity (Wildman–Crippen MR) is 126 cm³/mol. The number of nitrogens with zero attached hydrogens (tertiary/aromatic N) is 3. The Morgan fingerprint density at radius 1 is 1.03 bits per heavy atom. The first-order chi connectivity index (χ1) is 15.3. The molecule has 1 amide bonds. The number of thiazole rings is 1. The third kappa shape index (κ3) is 5.99. The molecule has 0 unspecified atom stereocenters. The van der Waals surface area contributed by atoms with Crippen LogP contribution in [0.4, 0.5) is 5.13 Å². The van der Waals surface area contributed by atoms with Gasteiger partial charge < -0.3 is 4.57 Å². The number of aryl methyl sites for hydroxylation is 2. The minimum Gasteiger partial charge on any atom is -0.344 e. The Kier molecular flexibility index (Phi) is 7.03. The molecule has 3 heterocycles. The van der Waals surface area contributed by atoms with Crippen LogP contribution < -0.4 is 5.32 Å². The smallest absolute Gasteiger partial charge is 0.274 e. The number of anilines is 1. The molecule has 1 N–H and O–H groups in total. The fourth-order valence-corrected chi connectivity index (χ4v) is 4.00. The fourth-order valence-electron chi connectivity index (χ4n) is 3.33. The van der Waals surface area contributed by atoms with E-state index in [1.807, 2.05) is 77.1 Å². The van der Waals surface area contributed by atoms with E-state index >= 15 is 0 Å². The summed E-state index contributed by atoms with van der Waals surface area (Å²) in [6.45, 7) is 0.781. The molecule has 156 valence electrons. The standard InChI is InChI=1S/C25H24N4OS/c30-24(23-12-6-18-29(23)17-5-10-21-13-15-26-16-14-21)28-25-27-22(19-31-25)11-4-9-20-7-2-1-3-8-20/h1-4,6-8,11-16,18-19H,5,9-10,17H2,(H,27,28,30)/b11-4+. The van der Waals surface area contributed by atoms with Crippen molar-refractivity contribution in [1.82, 2.24) is 14.5 Å². The first-order valence-corrected chi connectivity index (χ1v) is 11.2. The van der Waals surface area contributed by atoms with Crippen LogP contribution in [0.1, 0.15) is 33.7 Å². The van der Waals surface area contributed by atoms with Crippen molar-refractivity contribution < 1.29 is 4.79 Å². The lowest BCUT2D eigenvalue weighted by Gasteiger charge is -2.09. The largest absolute Gasteiger partial charge is 0.344 e. The Morgan fingerprint density at radius 3 is 2.71 bits per heavy atom. The maximum Gasteiger partial charge on any atom is 0.274 e. The van der Waals surface area contributed by atoms with Crippen LogP contribution >= 0.6 is 11.3 Å². The number of amides is 1. The van der Waals surface area contributed by atoms with Crippen LogP contribution in [0.15, 0.2) is 84.6 Å². The molecule has 0 spiro atoms. The molecule has 0 fully saturated rings. The van der Waals surface area contributed by atoms with Crippen LogP contribution in [0.2, 0.25) is 0 Å². The number of rotatable bonds is 9. The van der Waals surface area contributed by atoms with Gasteiger partial charge in [0.1, 0.15) is 5.69 Å². The molecule has 0 atom stereocenters. The second-order valence-corrected chi connectivity index (χ2v) is 8.03. The maximum absolute atomic E-state index is 12.7. The SMILES string of the molecule is O=C(Nc1nc(/C=C/Cc2ccccc2)cs1)c1cccn1CCCc1ccncc1. The van der Waals surface area contributed by atoms with Crippen molar-refractivity contribution in [2.45, 2.75) is 25.8 Å². The third-order valence-corrected chi connectivity index (χ3v) is 5.68. The van der Waals surface area contributed by atoms with E-state index in [0.717, 1.165) is 31.5 Å². The van der Waals surface area contributed by atoms with Gasteiger partial charge in [-0.3, -0.25) is 15.1 Å². The second kappa shape index (κ2) is 10.5. The number of carbonyl (C=O) groups is 1. The van der Waals surface area contributed by atoms with Crippen molar-refractivity contribution in [2.24, 2.45) is 0 Å². The third-order valence-electron chi connectivity index (χ3n) is 4.90. The van der Waals surface area contributed by atoms with E-state index in [0.29, 0.717) is 10.8 Å². The van der Waals surface area contributed by atoms with Crippen molar-refractivity contribution in [2.75, 3.05) is 5.32 Å². The van der Waals surface area contributed by atoms with E-state index in [4.69, 9.17) is 0 Å². The maximum atomic E-state index is 12.7. The summed E-state index contributed by atoms with van der Waals surface area (Å²) in [5.41, 5.74) is 4.01. The highest BCUT2D eigenvalue weighted by atomic mass is 32.1. The van der Waals surface area contributed by atoms with Crippen LogP contribution in [0.3, 0.4) is 0 Å². The monoisotopic (exact) mass is 428 g/mol. The molecule has 0 aliphatic heterocycles. The highest BCUT2D eigenvalue weighted by Crippen LogP contribution is 2.18. The molecule has 4 aromatic rings. The summed E-state index contributed by atoms with van der Waals surface area (Å²) in [5, 5.41) is 5.48. The topological polar surface area (TPSA) is 59.8 Å². The Morgan fingerprint density at radius 2 is 1.87 bits per heavy atom. The zero-order valence-electron chi connectivity index (χ0n) is 17.1. The minimum atomic E-state index is -0.136. The van der Waals surface area contributed by atoms with Crippen molar-refractivity contribution >= 4 is 28.5 Å². The van der Waals surface area contributed by atoms with Gasteiger partial charge in [0.25, 0.3) is 5.91 Å². The molecule has 0 saturated heterocycles. The Balaban J connectivity index is 1.30. The molecule has 3 aromatic heterocycles. The second-order valence-electron chi connectivity index (χ2n) is 7.17. The number of allylic oxidation sites excluding steroid dienone is 1. The summed E-state index contributed by atoms with van der Waals surface area (Å²) in [6, 6.07) is 18.1. The van der Waals surface area contributed by atoms with E-state index in [1.165, 1.54) is 22.5 Å². The van der Waals surface area contributed by atoms with E-state index in [2.05, 4.69) is 33.5 Å². The predicted octanol–water partition coefficient (Wildman–Crippen LogP) is 5.48. The molecular weight excluding hydrogens is 404 g/mol. The van der Waals surface area contributed by atoms with Gasteiger partial charge in [0.2, 0.25) is 0 Å². The highest BCUT2D eigenvalue weighted by Gasteiger charge is 2.12. The van der Waals surface area contributed by atoms with Gasteiger partial charge in [-0.1, -0.05) is 36.4 Å². The van der Waals surface area contributed by atoms with Crippen LogP contribution in [0, 0.1) is 0 Å². The average molecular weight is 429 g/mol. The first kappa shape index (κ1) is 20.8.